The Kier molecular flexibility index (Phi) is 5.07. The van der Waals surface area contributed by atoms with Crippen molar-refractivity contribution in [2.75, 3.05) is 26.2 Å². The van der Waals surface area contributed by atoms with Crippen LogP contribution in [0.3, 0.4) is 0 Å². The first kappa shape index (κ1) is 13.0. The largest absolute Gasteiger partial charge is 0.310 e. The van der Waals surface area contributed by atoms with Gasteiger partial charge in [-0.05, 0) is 38.3 Å². The van der Waals surface area contributed by atoms with Gasteiger partial charge in [0.15, 0.2) is 0 Å². The first-order valence-electron chi connectivity index (χ1n) is 6.59. The highest BCUT2D eigenvalue weighted by Gasteiger charge is 2.30. The molecule has 0 aromatic carbocycles. The lowest BCUT2D eigenvalue weighted by Crippen LogP contribution is -2.51. The lowest BCUT2D eigenvalue weighted by Gasteiger charge is -2.36. The molecule has 90 valence electrons. The molecule has 1 fully saturated rings. The first-order chi connectivity index (χ1) is 7.12. The van der Waals surface area contributed by atoms with Crippen molar-refractivity contribution in [3.63, 3.8) is 0 Å². The molecule has 0 unspecified atom stereocenters. The number of hydrogen-bond acceptors (Lipinski definition) is 2. The molecule has 0 bridgehead atoms. The molecule has 0 radical (unpaired) electrons. The Morgan fingerprint density at radius 1 is 1.27 bits per heavy atom. The minimum atomic E-state index is 0.380. The summed E-state index contributed by atoms with van der Waals surface area (Å²) in [5.74, 6) is 0.787. The standard InChI is InChI=1S/C13H28N2/c1-5-13(6-2)11-15(10-12(3)4)9-7-8-14-13/h12,14H,5-11H2,1-4H3. The Hall–Kier alpha value is -0.0800. The van der Waals surface area contributed by atoms with Crippen molar-refractivity contribution in [2.45, 2.75) is 52.5 Å². The fraction of sp³-hybridized carbons (Fsp3) is 1.00. The Labute approximate surface area is 95.4 Å². The molecule has 0 aliphatic carbocycles. The molecule has 0 atom stereocenters. The smallest absolute Gasteiger partial charge is 0.0303 e. The maximum Gasteiger partial charge on any atom is 0.0303 e. The maximum absolute atomic E-state index is 3.76. The third kappa shape index (κ3) is 3.76. The van der Waals surface area contributed by atoms with Crippen LogP contribution < -0.4 is 5.32 Å². The zero-order valence-corrected chi connectivity index (χ0v) is 11.0. The van der Waals surface area contributed by atoms with Crippen molar-refractivity contribution in [3.8, 4) is 0 Å². The predicted octanol–water partition coefficient (Wildman–Crippen LogP) is 2.50. The molecule has 1 rings (SSSR count). The Bertz CT molecular complexity index is 173. The Balaban J connectivity index is 2.59. The fourth-order valence-electron chi connectivity index (χ4n) is 2.62. The average Bonchev–Trinajstić information content (AvgIpc) is 2.40. The van der Waals surface area contributed by atoms with Crippen LogP contribution in [0.1, 0.15) is 47.0 Å². The molecule has 15 heavy (non-hydrogen) atoms. The quantitative estimate of drug-likeness (QED) is 0.770. The Morgan fingerprint density at radius 3 is 2.47 bits per heavy atom. The predicted molar refractivity (Wildman–Crippen MR) is 67.2 cm³/mol. The van der Waals surface area contributed by atoms with E-state index >= 15 is 0 Å². The van der Waals surface area contributed by atoms with Crippen LogP contribution in [0.15, 0.2) is 0 Å². The van der Waals surface area contributed by atoms with E-state index in [4.69, 9.17) is 0 Å². The molecule has 2 nitrogen and oxygen atoms in total. The highest BCUT2D eigenvalue weighted by Crippen LogP contribution is 2.20. The van der Waals surface area contributed by atoms with Gasteiger partial charge in [-0.25, -0.2) is 0 Å². The lowest BCUT2D eigenvalue weighted by atomic mass is 9.92. The fourth-order valence-corrected chi connectivity index (χ4v) is 2.62. The van der Waals surface area contributed by atoms with Crippen LogP contribution >= 0.6 is 0 Å². The molecule has 1 saturated heterocycles. The summed E-state index contributed by atoms with van der Waals surface area (Å²) in [7, 11) is 0. The summed E-state index contributed by atoms with van der Waals surface area (Å²) in [6.45, 7) is 14.2. The van der Waals surface area contributed by atoms with Gasteiger partial charge >= 0.3 is 0 Å². The molecular formula is C13H28N2. The Morgan fingerprint density at radius 2 is 1.93 bits per heavy atom. The van der Waals surface area contributed by atoms with E-state index in [0.717, 1.165) is 5.92 Å². The first-order valence-corrected chi connectivity index (χ1v) is 6.59. The van der Waals surface area contributed by atoms with Crippen LogP contribution in [-0.4, -0.2) is 36.6 Å². The zero-order valence-electron chi connectivity index (χ0n) is 11.0. The van der Waals surface area contributed by atoms with E-state index < -0.39 is 0 Å². The van der Waals surface area contributed by atoms with Gasteiger partial charge in [-0.3, -0.25) is 0 Å². The number of nitrogens with one attached hydrogen (secondary N) is 1. The van der Waals surface area contributed by atoms with Crippen LogP contribution in [0.5, 0.6) is 0 Å². The van der Waals surface area contributed by atoms with Gasteiger partial charge in [0.1, 0.15) is 0 Å². The minimum Gasteiger partial charge on any atom is -0.310 e. The minimum absolute atomic E-state index is 0.380. The van der Waals surface area contributed by atoms with E-state index in [2.05, 4.69) is 37.9 Å². The van der Waals surface area contributed by atoms with Crippen molar-refractivity contribution >= 4 is 0 Å². The van der Waals surface area contributed by atoms with Gasteiger partial charge in [-0.2, -0.15) is 0 Å². The summed E-state index contributed by atoms with van der Waals surface area (Å²) in [5.41, 5.74) is 0.380. The van der Waals surface area contributed by atoms with Crippen molar-refractivity contribution in [3.05, 3.63) is 0 Å². The van der Waals surface area contributed by atoms with Gasteiger partial charge in [-0.15, -0.1) is 0 Å². The molecular weight excluding hydrogens is 184 g/mol. The van der Waals surface area contributed by atoms with Crippen molar-refractivity contribution in [1.82, 2.24) is 10.2 Å². The average molecular weight is 212 g/mol. The summed E-state index contributed by atoms with van der Waals surface area (Å²) in [6, 6.07) is 0. The van der Waals surface area contributed by atoms with Crippen LogP contribution in [-0.2, 0) is 0 Å². The van der Waals surface area contributed by atoms with Crippen LogP contribution in [0.25, 0.3) is 0 Å². The summed E-state index contributed by atoms with van der Waals surface area (Å²) in [6.07, 6.45) is 3.80. The van der Waals surface area contributed by atoms with Gasteiger partial charge in [0.25, 0.3) is 0 Å². The second-order valence-corrected chi connectivity index (χ2v) is 5.40. The van der Waals surface area contributed by atoms with Gasteiger partial charge in [-0.1, -0.05) is 27.7 Å². The van der Waals surface area contributed by atoms with Gasteiger partial charge in [0, 0.05) is 18.6 Å². The van der Waals surface area contributed by atoms with E-state index in [1.807, 2.05) is 0 Å². The van der Waals surface area contributed by atoms with E-state index in [9.17, 15) is 0 Å². The molecule has 1 N–H and O–H groups in total. The zero-order chi connectivity index (χ0) is 11.3. The molecule has 0 aromatic rings. The molecule has 2 heteroatoms. The third-order valence-electron chi connectivity index (χ3n) is 3.65. The maximum atomic E-state index is 3.76. The van der Waals surface area contributed by atoms with E-state index in [1.165, 1.54) is 45.4 Å². The molecule has 1 aliphatic heterocycles. The second-order valence-electron chi connectivity index (χ2n) is 5.40. The molecule has 1 heterocycles. The SMILES string of the molecule is CCC1(CC)CN(CC(C)C)CCCN1. The summed E-state index contributed by atoms with van der Waals surface area (Å²) < 4.78 is 0. The van der Waals surface area contributed by atoms with Gasteiger partial charge < -0.3 is 10.2 Å². The summed E-state index contributed by atoms with van der Waals surface area (Å²) >= 11 is 0. The number of hydrogen-bond donors (Lipinski definition) is 1. The molecule has 0 aromatic heterocycles. The van der Waals surface area contributed by atoms with Crippen molar-refractivity contribution in [1.29, 1.82) is 0 Å². The second kappa shape index (κ2) is 5.86. The summed E-state index contributed by atoms with van der Waals surface area (Å²) in [5, 5.41) is 3.76. The van der Waals surface area contributed by atoms with Crippen molar-refractivity contribution in [2.24, 2.45) is 5.92 Å². The van der Waals surface area contributed by atoms with E-state index in [-0.39, 0.29) is 0 Å². The topological polar surface area (TPSA) is 15.3 Å². The molecule has 0 saturated carbocycles. The van der Waals surface area contributed by atoms with E-state index in [1.54, 1.807) is 0 Å². The van der Waals surface area contributed by atoms with E-state index in [0.29, 0.717) is 5.54 Å². The monoisotopic (exact) mass is 212 g/mol. The highest BCUT2D eigenvalue weighted by atomic mass is 15.2. The number of rotatable bonds is 4. The molecule has 0 amide bonds. The molecule has 1 aliphatic rings. The van der Waals surface area contributed by atoms with Crippen LogP contribution in [0, 0.1) is 5.92 Å². The van der Waals surface area contributed by atoms with Crippen LogP contribution in [0.4, 0.5) is 0 Å². The summed E-state index contributed by atoms with van der Waals surface area (Å²) in [4.78, 5) is 2.65. The highest BCUT2D eigenvalue weighted by molar-refractivity contribution is 4.91. The number of nitrogens with zero attached hydrogens (tertiary/aromatic N) is 1. The van der Waals surface area contributed by atoms with Crippen molar-refractivity contribution < 1.29 is 0 Å². The van der Waals surface area contributed by atoms with Gasteiger partial charge in [0.05, 0.1) is 0 Å². The van der Waals surface area contributed by atoms with Gasteiger partial charge in [0.2, 0.25) is 0 Å². The lowest BCUT2D eigenvalue weighted by molar-refractivity contribution is 0.182. The molecule has 0 spiro atoms. The third-order valence-corrected chi connectivity index (χ3v) is 3.65. The van der Waals surface area contributed by atoms with Crippen LogP contribution in [0.2, 0.25) is 0 Å². The normalized spacial score (nSPS) is 23.0.